The summed E-state index contributed by atoms with van der Waals surface area (Å²) < 4.78 is 5.17. The maximum atomic E-state index is 11.2. The van der Waals surface area contributed by atoms with Crippen LogP contribution in [0, 0.1) is 5.92 Å². The van der Waals surface area contributed by atoms with Crippen LogP contribution in [-0.4, -0.2) is 31.7 Å². The molecule has 0 amide bonds. The first kappa shape index (κ1) is 20.2. The third kappa shape index (κ3) is 8.55. The van der Waals surface area contributed by atoms with E-state index in [1.54, 1.807) is 4.90 Å². The lowest BCUT2D eigenvalue weighted by Crippen LogP contribution is -3.17. The van der Waals surface area contributed by atoms with E-state index in [1.807, 2.05) is 0 Å². The Morgan fingerprint density at radius 3 is 2.65 bits per heavy atom. The predicted molar refractivity (Wildman–Crippen MR) is 96.6 cm³/mol. The van der Waals surface area contributed by atoms with Crippen LogP contribution in [0.2, 0.25) is 0 Å². The molecule has 1 heterocycles. The molecule has 1 fully saturated rings. The van der Waals surface area contributed by atoms with Gasteiger partial charge in [-0.1, -0.05) is 52.5 Å². The third-order valence-electron chi connectivity index (χ3n) is 5.27. The van der Waals surface area contributed by atoms with Crippen molar-refractivity contribution >= 4 is 5.97 Å². The molecule has 3 heteroatoms. The van der Waals surface area contributed by atoms with Gasteiger partial charge >= 0.3 is 5.97 Å². The number of hydrogen-bond donors (Lipinski definition) is 1. The Hall–Kier alpha value is -0.830. The van der Waals surface area contributed by atoms with Gasteiger partial charge in [0, 0.05) is 6.08 Å². The van der Waals surface area contributed by atoms with Crippen molar-refractivity contribution in [1.29, 1.82) is 0 Å². The van der Waals surface area contributed by atoms with Gasteiger partial charge in [-0.3, -0.25) is 0 Å². The van der Waals surface area contributed by atoms with E-state index in [0.29, 0.717) is 6.61 Å². The second-order valence-electron chi connectivity index (χ2n) is 7.10. The van der Waals surface area contributed by atoms with Crippen LogP contribution in [0.1, 0.15) is 78.1 Å². The normalized spacial score (nSPS) is 21.3. The minimum atomic E-state index is -0.292. The van der Waals surface area contributed by atoms with E-state index in [0.717, 1.165) is 18.5 Å². The molecule has 1 saturated heterocycles. The Balaban J connectivity index is 2.30. The average Bonchev–Trinajstić information content (AvgIpc) is 2.56. The molecule has 0 spiro atoms. The molecule has 2 atom stereocenters. The van der Waals surface area contributed by atoms with Crippen LogP contribution in [0.5, 0.6) is 0 Å². The molecule has 1 aliphatic heterocycles. The largest absolute Gasteiger partial charge is 0.457 e. The molecule has 0 aromatic heterocycles. The van der Waals surface area contributed by atoms with Gasteiger partial charge in [-0.15, -0.1) is 0 Å². The van der Waals surface area contributed by atoms with Gasteiger partial charge in [0.2, 0.25) is 0 Å². The summed E-state index contributed by atoms with van der Waals surface area (Å²) in [5.41, 5.74) is 0. The van der Waals surface area contributed by atoms with Gasteiger partial charge in [-0.25, -0.2) is 4.79 Å². The molecule has 0 aromatic rings. The average molecular weight is 325 g/mol. The first-order chi connectivity index (χ1) is 11.2. The maximum Gasteiger partial charge on any atom is 0.330 e. The minimum absolute atomic E-state index is 0.292. The van der Waals surface area contributed by atoms with Gasteiger partial charge in [0.05, 0.1) is 12.6 Å². The van der Waals surface area contributed by atoms with E-state index in [9.17, 15) is 4.79 Å². The number of esters is 1. The van der Waals surface area contributed by atoms with Crippen molar-refractivity contribution in [3.63, 3.8) is 0 Å². The zero-order chi connectivity index (χ0) is 16.9. The molecule has 1 N–H and O–H groups in total. The van der Waals surface area contributed by atoms with Crippen LogP contribution in [0.15, 0.2) is 12.7 Å². The SMILES string of the molecule is C=CC(=O)OCC[NH+]1CCCCC1CCCC(CCC)CCC. The number of likely N-dealkylation sites (tertiary alicyclic amines) is 1. The van der Waals surface area contributed by atoms with Crippen molar-refractivity contribution < 1.29 is 14.4 Å². The molecule has 0 aromatic carbocycles. The standard InChI is InChI=1S/C20H37NO2/c1-4-10-18(11-5-2)12-9-14-19-13-7-8-15-21(19)16-17-23-20(22)6-3/h6,18-19H,3-5,7-17H2,1-2H3/p+1. The van der Waals surface area contributed by atoms with E-state index in [4.69, 9.17) is 4.74 Å². The van der Waals surface area contributed by atoms with Crippen molar-refractivity contribution in [3.8, 4) is 0 Å². The Labute approximate surface area is 143 Å². The number of carbonyl (C=O) groups is 1. The summed E-state index contributed by atoms with van der Waals surface area (Å²) in [5, 5.41) is 0. The summed E-state index contributed by atoms with van der Waals surface area (Å²) in [7, 11) is 0. The summed E-state index contributed by atoms with van der Waals surface area (Å²) in [6.45, 7) is 10.8. The van der Waals surface area contributed by atoms with Gasteiger partial charge in [-0.05, 0) is 38.0 Å². The number of ether oxygens (including phenoxy) is 1. The molecule has 0 bridgehead atoms. The van der Waals surface area contributed by atoms with Crippen molar-refractivity contribution in [2.24, 2.45) is 5.92 Å². The topological polar surface area (TPSA) is 30.7 Å². The Morgan fingerprint density at radius 1 is 1.26 bits per heavy atom. The number of carbonyl (C=O) groups excluding carboxylic acids is 1. The zero-order valence-corrected chi connectivity index (χ0v) is 15.4. The fraction of sp³-hybridized carbons (Fsp3) is 0.850. The Bertz CT molecular complexity index is 324. The van der Waals surface area contributed by atoms with Crippen LogP contribution in [0.4, 0.5) is 0 Å². The highest BCUT2D eigenvalue weighted by Gasteiger charge is 2.25. The first-order valence-electron chi connectivity index (χ1n) is 9.85. The molecule has 1 rings (SSSR count). The quantitative estimate of drug-likeness (QED) is 0.440. The van der Waals surface area contributed by atoms with Gasteiger partial charge in [0.15, 0.2) is 0 Å². The summed E-state index contributed by atoms with van der Waals surface area (Å²) in [5.74, 6) is 0.644. The highest BCUT2D eigenvalue weighted by molar-refractivity contribution is 5.81. The molecule has 1 aliphatic rings. The number of nitrogens with one attached hydrogen (secondary N) is 1. The monoisotopic (exact) mass is 324 g/mol. The van der Waals surface area contributed by atoms with Crippen molar-refractivity contribution in [2.45, 2.75) is 84.1 Å². The summed E-state index contributed by atoms with van der Waals surface area (Å²) in [4.78, 5) is 12.8. The van der Waals surface area contributed by atoms with Crippen LogP contribution < -0.4 is 4.90 Å². The van der Waals surface area contributed by atoms with Gasteiger partial charge in [-0.2, -0.15) is 0 Å². The zero-order valence-electron chi connectivity index (χ0n) is 15.4. The van der Waals surface area contributed by atoms with E-state index >= 15 is 0 Å². The maximum absolute atomic E-state index is 11.2. The fourth-order valence-electron chi connectivity index (χ4n) is 4.07. The lowest BCUT2D eigenvalue weighted by molar-refractivity contribution is -0.931. The molecule has 0 radical (unpaired) electrons. The molecule has 23 heavy (non-hydrogen) atoms. The predicted octanol–water partition coefficient (Wildman–Crippen LogP) is 3.54. The van der Waals surface area contributed by atoms with Crippen LogP contribution in [0.3, 0.4) is 0 Å². The van der Waals surface area contributed by atoms with E-state index in [-0.39, 0.29) is 5.97 Å². The summed E-state index contributed by atoms with van der Waals surface area (Å²) in [6.07, 6.45) is 14.8. The highest BCUT2D eigenvalue weighted by Crippen LogP contribution is 2.21. The third-order valence-corrected chi connectivity index (χ3v) is 5.27. The lowest BCUT2D eigenvalue weighted by Gasteiger charge is -2.32. The molecule has 0 aliphatic carbocycles. The van der Waals surface area contributed by atoms with Gasteiger partial charge < -0.3 is 9.64 Å². The summed E-state index contributed by atoms with van der Waals surface area (Å²) in [6, 6.07) is 0.773. The molecule has 134 valence electrons. The fourth-order valence-corrected chi connectivity index (χ4v) is 4.07. The molecular formula is C20H38NO2+. The summed E-state index contributed by atoms with van der Waals surface area (Å²) >= 11 is 0. The first-order valence-corrected chi connectivity index (χ1v) is 9.85. The van der Waals surface area contributed by atoms with Crippen molar-refractivity contribution in [3.05, 3.63) is 12.7 Å². The lowest BCUT2D eigenvalue weighted by atomic mass is 9.90. The number of quaternary nitrogens is 1. The highest BCUT2D eigenvalue weighted by atomic mass is 16.5. The van der Waals surface area contributed by atoms with Crippen LogP contribution >= 0.6 is 0 Å². The Morgan fingerprint density at radius 2 is 2.00 bits per heavy atom. The molecule has 0 saturated carbocycles. The second kappa shape index (κ2) is 12.6. The Kier molecular flexibility index (Phi) is 11.1. The second-order valence-corrected chi connectivity index (χ2v) is 7.10. The van der Waals surface area contributed by atoms with E-state index in [1.165, 1.54) is 76.8 Å². The number of piperidine rings is 1. The van der Waals surface area contributed by atoms with Crippen LogP contribution in [-0.2, 0) is 9.53 Å². The number of hydrogen-bond acceptors (Lipinski definition) is 2. The molecule has 2 unspecified atom stereocenters. The van der Waals surface area contributed by atoms with E-state index in [2.05, 4.69) is 20.4 Å². The van der Waals surface area contributed by atoms with Crippen LogP contribution in [0.25, 0.3) is 0 Å². The van der Waals surface area contributed by atoms with Crippen molar-refractivity contribution in [1.82, 2.24) is 0 Å². The van der Waals surface area contributed by atoms with Gasteiger partial charge in [0.25, 0.3) is 0 Å². The van der Waals surface area contributed by atoms with Crippen molar-refractivity contribution in [2.75, 3.05) is 19.7 Å². The minimum Gasteiger partial charge on any atom is -0.457 e. The van der Waals surface area contributed by atoms with Gasteiger partial charge in [0.1, 0.15) is 13.2 Å². The molecular weight excluding hydrogens is 286 g/mol. The van der Waals surface area contributed by atoms with E-state index < -0.39 is 0 Å². The smallest absolute Gasteiger partial charge is 0.330 e. The molecule has 3 nitrogen and oxygen atoms in total. The number of rotatable bonds is 12.